The molecule has 2 amide bonds. The van der Waals surface area contributed by atoms with Crippen molar-refractivity contribution >= 4 is 11.8 Å². The van der Waals surface area contributed by atoms with Crippen LogP contribution < -0.4 is 5.32 Å². The van der Waals surface area contributed by atoms with E-state index in [1.54, 1.807) is 4.90 Å². The van der Waals surface area contributed by atoms with E-state index in [2.05, 4.69) is 24.1 Å². The van der Waals surface area contributed by atoms with Crippen molar-refractivity contribution in [2.24, 2.45) is 11.8 Å². The Morgan fingerprint density at radius 1 is 1.19 bits per heavy atom. The van der Waals surface area contributed by atoms with E-state index in [1.165, 1.54) is 12.3 Å². The molecule has 1 saturated carbocycles. The van der Waals surface area contributed by atoms with Crippen molar-refractivity contribution in [3.63, 3.8) is 0 Å². The first kappa shape index (κ1) is 25.7. The zero-order valence-electron chi connectivity index (χ0n) is 21.2. The van der Waals surface area contributed by atoms with Crippen molar-refractivity contribution in [2.45, 2.75) is 64.4 Å². The zero-order chi connectivity index (χ0) is 26.4. The summed E-state index contributed by atoms with van der Waals surface area (Å²) in [5, 5.41) is 24.2. The Hall–Kier alpha value is -2.98. The number of hydrogen-bond acceptors (Lipinski definition) is 6. The molecule has 4 aliphatic rings. The molecule has 0 spiro atoms. The van der Waals surface area contributed by atoms with Crippen LogP contribution in [-0.4, -0.2) is 74.7 Å². The molecular formula is C27H34F2N4O4. The number of halogens is 2. The number of carbonyl (C=O) groups excluding carboxylic acids is 2. The fourth-order valence-electron chi connectivity index (χ4n) is 6.27. The molecule has 1 aliphatic carbocycles. The lowest BCUT2D eigenvalue weighted by Crippen LogP contribution is -2.70. The molecule has 0 radical (unpaired) electrons. The van der Waals surface area contributed by atoms with Crippen molar-refractivity contribution in [1.82, 2.24) is 20.0 Å². The summed E-state index contributed by atoms with van der Waals surface area (Å²) in [6, 6.07) is 3.14. The summed E-state index contributed by atoms with van der Waals surface area (Å²) in [6.45, 7) is 6.13. The van der Waals surface area contributed by atoms with Crippen LogP contribution in [0.3, 0.4) is 0 Å². The minimum atomic E-state index is -1.69. The van der Waals surface area contributed by atoms with Gasteiger partial charge in [0.05, 0.1) is 12.1 Å². The maximum absolute atomic E-state index is 14.0. The molecule has 10 heteroatoms. The summed E-state index contributed by atoms with van der Waals surface area (Å²) in [5.41, 5.74) is -0.0640. The van der Waals surface area contributed by atoms with Crippen LogP contribution in [0.4, 0.5) is 8.78 Å². The van der Waals surface area contributed by atoms with Crippen LogP contribution in [0.1, 0.15) is 45.1 Å². The number of rotatable bonds is 5. The first-order valence-corrected chi connectivity index (χ1v) is 13.0. The van der Waals surface area contributed by atoms with Gasteiger partial charge in [-0.1, -0.05) is 32.8 Å². The number of nitrogens with one attached hydrogen (secondary N) is 1. The van der Waals surface area contributed by atoms with Gasteiger partial charge in [0.1, 0.15) is 29.6 Å². The quantitative estimate of drug-likeness (QED) is 0.557. The number of aliphatic hydroxyl groups is 2. The largest absolute Gasteiger partial charge is 0.507 e. The van der Waals surface area contributed by atoms with E-state index >= 15 is 0 Å². The van der Waals surface area contributed by atoms with E-state index in [1.807, 2.05) is 4.90 Å². The van der Waals surface area contributed by atoms with Gasteiger partial charge in [-0.3, -0.25) is 14.5 Å². The van der Waals surface area contributed by atoms with Crippen molar-refractivity contribution in [1.29, 1.82) is 0 Å². The van der Waals surface area contributed by atoms with Crippen LogP contribution in [-0.2, 0) is 16.1 Å². The molecule has 2 unspecified atom stereocenters. The number of piperazine rings is 1. The Balaban J connectivity index is 1.40. The summed E-state index contributed by atoms with van der Waals surface area (Å²) in [7, 11) is 0. The Labute approximate surface area is 215 Å². The van der Waals surface area contributed by atoms with Crippen molar-refractivity contribution in [2.75, 3.05) is 19.6 Å². The van der Waals surface area contributed by atoms with Crippen molar-refractivity contribution < 1.29 is 28.6 Å². The lowest BCUT2D eigenvalue weighted by molar-refractivity contribution is -0.159. The van der Waals surface area contributed by atoms with Gasteiger partial charge in [-0.15, -0.1) is 0 Å². The molecule has 37 heavy (non-hydrogen) atoms. The summed E-state index contributed by atoms with van der Waals surface area (Å²) in [6.07, 6.45) is 3.68. The highest BCUT2D eigenvalue weighted by Crippen LogP contribution is 2.41. The molecule has 1 aromatic carbocycles. The van der Waals surface area contributed by atoms with E-state index in [0.717, 1.165) is 50.9 Å². The number of carbonyl (C=O) groups is 2. The molecule has 200 valence electrons. The topological polar surface area (TPSA) is 96.4 Å². The smallest absolute Gasteiger partial charge is 0.275 e. The van der Waals surface area contributed by atoms with Crippen LogP contribution in [0.2, 0.25) is 0 Å². The van der Waals surface area contributed by atoms with Gasteiger partial charge in [-0.2, -0.15) is 0 Å². The number of hydrogen-bond donors (Lipinski definition) is 3. The third kappa shape index (κ3) is 4.72. The highest BCUT2D eigenvalue weighted by Gasteiger charge is 2.51. The average molecular weight is 517 g/mol. The second kappa shape index (κ2) is 10.1. The Morgan fingerprint density at radius 2 is 1.95 bits per heavy atom. The van der Waals surface area contributed by atoms with E-state index in [4.69, 9.17) is 0 Å². The molecule has 0 aromatic heterocycles. The first-order valence-electron chi connectivity index (χ1n) is 13.0. The highest BCUT2D eigenvalue weighted by molar-refractivity contribution is 5.99. The van der Waals surface area contributed by atoms with Crippen LogP contribution in [0.25, 0.3) is 0 Å². The van der Waals surface area contributed by atoms with Gasteiger partial charge < -0.3 is 25.3 Å². The predicted molar refractivity (Wildman–Crippen MR) is 131 cm³/mol. The van der Waals surface area contributed by atoms with E-state index in [9.17, 15) is 28.6 Å². The fraction of sp³-hybridized carbons (Fsp3) is 0.556. The minimum absolute atomic E-state index is 0.000555. The van der Waals surface area contributed by atoms with E-state index in [0.29, 0.717) is 18.4 Å². The van der Waals surface area contributed by atoms with E-state index < -0.39 is 29.4 Å². The monoisotopic (exact) mass is 516 g/mol. The van der Waals surface area contributed by atoms with Crippen molar-refractivity contribution in [3.8, 4) is 0 Å². The maximum atomic E-state index is 14.0. The summed E-state index contributed by atoms with van der Waals surface area (Å²) in [5.74, 6) is -2.35. The van der Waals surface area contributed by atoms with Gasteiger partial charge in [0.2, 0.25) is 0 Å². The van der Waals surface area contributed by atoms with Gasteiger partial charge in [0.15, 0.2) is 5.76 Å². The summed E-state index contributed by atoms with van der Waals surface area (Å²) >= 11 is 0. The minimum Gasteiger partial charge on any atom is -0.507 e. The highest BCUT2D eigenvalue weighted by atomic mass is 19.1. The van der Waals surface area contributed by atoms with Crippen molar-refractivity contribution in [3.05, 3.63) is 58.6 Å². The van der Waals surface area contributed by atoms with Crippen LogP contribution in [0, 0.1) is 23.5 Å². The predicted octanol–water partition coefficient (Wildman–Crippen LogP) is 2.61. The molecule has 8 nitrogen and oxygen atoms in total. The molecule has 3 aliphatic heterocycles. The molecule has 3 N–H and O–H groups in total. The standard InChI is InChI=1S/C27H34F2N4O4/c1-15(2)11-31-12-17-5-3-4-6-21(17)33-22(31)14-32-13-19(24(34)25(35)23(32)27(33)37)26(36)30-10-16-7-8-18(28)9-20(16)29/h7-9,13,15,17,21-22,24,34-35H,3-6,10-12,14H2,1-2H3,(H,30,36)/t17?,21-,22-,24?/m0/s1. The second-order valence-corrected chi connectivity index (χ2v) is 10.9. The molecule has 5 rings (SSSR count). The van der Waals surface area contributed by atoms with Gasteiger partial charge in [-0.25, -0.2) is 8.78 Å². The molecule has 4 atom stereocenters. The number of aliphatic hydroxyl groups excluding tert-OH is 2. The molecular weight excluding hydrogens is 482 g/mol. The van der Waals surface area contributed by atoms with Gasteiger partial charge in [0, 0.05) is 43.5 Å². The summed E-state index contributed by atoms with van der Waals surface area (Å²) < 4.78 is 27.2. The van der Waals surface area contributed by atoms with E-state index in [-0.39, 0.29) is 41.5 Å². The number of benzene rings is 1. The number of fused-ring (bicyclic) bond motifs is 4. The van der Waals surface area contributed by atoms with Crippen LogP contribution in [0.5, 0.6) is 0 Å². The maximum Gasteiger partial charge on any atom is 0.275 e. The average Bonchev–Trinajstić information content (AvgIpc) is 2.85. The van der Waals surface area contributed by atoms with Gasteiger partial charge in [0.25, 0.3) is 11.8 Å². The van der Waals surface area contributed by atoms with Gasteiger partial charge >= 0.3 is 0 Å². The molecule has 1 aromatic rings. The molecule has 3 fully saturated rings. The normalized spacial score (nSPS) is 28.1. The molecule has 2 saturated heterocycles. The molecule has 0 bridgehead atoms. The summed E-state index contributed by atoms with van der Waals surface area (Å²) in [4.78, 5) is 32.6. The first-order chi connectivity index (χ1) is 17.7. The number of nitrogens with zero attached hydrogens (tertiary/aromatic N) is 3. The van der Waals surface area contributed by atoms with Crippen LogP contribution in [0.15, 0.2) is 41.4 Å². The third-order valence-electron chi connectivity index (χ3n) is 7.93. The molecule has 3 heterocycles. The Kier molecular flexibility index (Phi) is 6.97. The third-order valence-corrected chi connectivity index (χ3v) is 7.93. The SMILES string of the molecule is CC(C)CN1CC2CCCC[C@@H]2N2C(=O)C3=C(O)C(O)C(C(=O)NCc4ccc(F)cc4F)=CN3C[C@@H]12. The lowest BCUT2D eigenvalue weighted by atomic mass is 9.79. The van der Waals surface area contributed by atoms with Crippen LogP contribution >= 0.6 is 0 Å². The Bertz CT molecular complexity index is 1150. The lowest BCUT2D eigenvalue weighted by Gasteiger charge is -2.57. The van der Waals surface area contributed by atoms with Gasteiger partial charge in [-0.05, 0) is 30.7 Å². The Morgan fingerprint density at radius 3 is 2.68 bits per heavy atom. The zero-order valence-corrected chi connectivity index (χ0v) is 21.2. The second-order valence-electron chi connectivity index (χ2n) is 10.9. The number of amides is 2. The fourth-order valence-corrected chi connectivity index (χ4v) is 6.27.